The number of amidine groups is 1. The first-order valence-corrected chi connectivity index (χ1v) is 8.97. The Labute approximate surface area is 158 Å². The van der Waals surface area contributed by atoms with Gasteiger partial charge in [0, 0.05) is 18.5 Å². The van der Waals surface area contributed by atoms with Crippen molar-refractivity contribution in [2.45, 2.75) is 25.3 Å². The number of esters is 1. The number of hydrogen-bond donors (Lipinski definition) is 3. The molecule has 0 aromatic heterocycles. The number of hydrogen-bond acceptors (Lipinski definition) is 6. The number of methoxy groups -OCH3 is 1. The average molecular weight is 371 g/mol. The van der Waals surface area contributed by atoms with E-state index in [4.69, 9.17) is 16.9 Å². The van der Waals surface area contributed by atoms with Gasteiger partial charge in [-0.05, 0) is 31.5 Å². The molecule has 144 valence electrons. The molecule has 2 aliphatic rings. The van der Waals surface area contributed by atoms with Crippen LogP contribution in [0, 0.1) is 10.8 Å². The van der Waals surface area contributed by atoms with Crippen LogP contribution in [0.25, 0.3) is 0 Å². The maximum atomic E-state index is 12.6. The van der Waals surface area contributed by atoms with Gasteiger partial charge in [0.15, 0.2) is 0 Å². The first-order chi connectivity index (χ1) is 12.8. The summed E-state index contributed by atoms with van der Waals surface area (Å²) in [5.41, 5.74) is 13.2. The van der Waals surface area contributed by atoms with E-state index in [1.165, 1.54) is 7.11 Å². The van der Waals surface area contributed by atoms with Crippen molar-refractivity contribution in [2.75, 3.05) is 26.7 Å². The molecule has 1 aromatic carbocycles. The van der Waals surface area contributed by atoms with Crippen LogP contribution in [-0.2, 0) is 14.3 Å². The number of likely N-dealkylation sites (tertiary alicyclic amines) is 1. The third kappa shape index (κ3) is 3.91. The van der Waals surface area contributed by atoms with Gasteiger partial charge in [0.25, 0.3) is 5.91 Å². The molecule has 1 spiro atoms. The second-order valence-electron chi connectivity index (χ2n) is 7.24. The topological polar surface area (TPSA) is 135 Å². The summed E-state index contributed by atoms with van der Waals surface area (Å²) >= 11 is 0. The van der Waals surface area contributed by atoms with Crippen LogP contribution in [0.3, 0.4) is 0 Å². The molecule has 0 saturated carbocycles. The zero-order valence-corrected chi connectivity index (χ0v) is 15.4. The summed E-state index contributed by atoms with van der Waals surface area (Å²) in [5, 5.41) is 7.46. The number of nitrogens with two attached hydrogens (primary N) is 2. The lowest BCUT2D eigenvalue weighted by Gasteiger charge is -2.38. The molecule has 8 nitrogen and oxygen atoms in total. The van der Waals surface area contributed by atoms with Crippen molar-refractivity contribution in [2.24, 2.45) is 21.9 Å². The molecule has 8 heteroatoms. The first-order valence-electron chi connectivity index (χ1n) is 8.97. The molecule has 27 heavy (non-hydrogen) atoms. The fourth-order valence-corrected chi connectivity index (χ4v) is 3.74. The third-order valence-corrected chi connectivity index (χ3v) is 5.50. The molecule has 1 aromatic rings. The van der Waals surface area contributed by atoms with E-state index in [-0.39, 0.29) is 11.7 Å². The van der Waals surface area contributed by atoms with Crippen LogP contribution in [0.15, 0.2) is 29.3 Å². The Balaban J connectivity index is 1.62. The van der Waals surface area contributed by atoms with Crippen molar-refractivity contribution in [1.29, 1.82) is 5.41 Å². The monoisotopic (exact) mass is 371 g/mol. The number of piperidine rings is 1. The highest BCUT2D eigenvalue weighted by molar-refractivity contribution is 6.14. The van der Waals surface area contributed by atoms with Crippen LogP contribution in [0.2, 0.25) is 0 Å². The van der Waals surface area contributed by atoms with Crippen LogP contribution in [0.1, 0.15) is 30.4 Å². The Hall–Kier alpha value is -2.58. The number of nitrogen functional groups attached to an aromatic ring is 1. The predicted molar refractivity (Wildman–Crippen MR) is 102 cm³/mol. The minimum absolute atomic E-state index is 0.0139. The lowest BCUT2D eigenvalue weighted by atomic mass is 9.75. The van der Waals surface area contributed by atoms with E-state index < -0.39 is 17.4 Å². The van der Waals surface area contributed by atoms with Gasteiger partial charge in [-0.15, -0.1) is 0 Å². The van der Waals surface area contributed by atoms with E-state index in [1.54, 1.807) is 12.1 Å². The molecule has 0 radical (unpaired) electrons. The minimum Gasteiger partial charge on any atom is -0.468 e. The van der Waals surface area contributed by atoms with Crippen molar-refractivity contribution < 1.29 is 14.3 Å². The van der Waals surface area contributed by atoms with Crippen LogP contribution in [-0.4, -0.2) is 61.1 Å². The number of ether oxygens (including phenoxy) is 1. The summed E-state index contributed by atoms with van der Waals surface area (Å²) in [6.07, 6.45) is 2.00. The maximum absolute atomic E-state index is 12.6. The Morgan fingerprint density at radius 2 is 1.96 bits per heavy atom. The van der Waals surface area contributed by atoms with E-state index in [9.17, 15) is 9.59 Å². The van der Waals surface area contributed by atoms with Crippen LogP contribution in [0.4, 0.5) is 0 Å². The van der Waals surface area contributed by atoms with Gasteiger partial charge in [0.1, 0.15) is 11.9 Å². The SMILES string of the molecule is COC(=O)C(N)CN1CCC2(CC1)CC(c1ccc(C(=N)N)cc1)=NC2=O. The summed E-state index contributed by atoms with van der Waals surface area (Å²) in [7, 11) is 1.33. The van der Waals surface area contributed by atoms with Gasteiger partial charge >= 0.3 is 5.97 Å². The second kappa shape index (κ2) is 7.58. The van der Waals surface area contributed by atoms with Crippen molar-refractivity contribution in [3.63, 3.8) is 0 Å². The molecule has 2 aliphatic heterocycles. The van der Waals surface area contributed by atoms with Crippen LogP contribution in [0.5, 0.6) is 0 Å². The molecular formula is C19H25N5O3. The average Bonchev–Trinajstić information content (AvgIpc) is 2.99. The number of benzene rings is 1. The molecule has 3 rings (SSSR count). The summed E-state index contributed by atoms with van der Waals surface area (Å²) in [5.74, 6) is -0.475. The number of nitrogens with zero attached hydrogens (tertiary/aromatic N) is 2. The van der Waals surface area contributed by atoms with Crippen molar-refractivity contribution >= 4 is 23.4 Å². The number of aliphatic imine (C=N–C) groups is 1. The molecule has 1 amide bonds. The normalized spacial score (nSPS) is 20.4. The number of nitrogens with one attached hydrogen (secondary N) is 1. The lowest BCUT2D eigenvalue weighted by Crippen LogP contribution is -2.49. The number of carbonyl (C=O) groups is 2. The van der Waals surface area contributed by atoms with Gasteiger partial charge in [0.05, 0.1) is 18.2 Å². The lowest BCUT2D eigenvalue weighted by molar-refractivity contribution is -0.143. The highest BCUT2D eigenvalue weighted by Gasteiger charge is 2.46. The Kier molecular flexibility index (Phi) is 5.38. The first kappa shape index (κ1) is 19.2. The Morgan fingerprint density at radius 3 is 2.52 bits per heavy atom. The predicted octanol–water partition coefficient (Wildman–Crippen LogP) is 0.273. The highest BCUT2D eigenvalue weighted by Crippen LogP contribution is 2.41. The summed E-state index contributed by atoms with van der Waals surface area (Å²) < 4.78 is 4.67. The van der Waals surface area contributed by atoms with E-state index in [0.717, 1.165) is 11.3 Å². The van der Waals surface area contributed by atoms with E-state index in [1.807, 2.05) is 12.1 Å². The number of rotatable bonds is 5. The van der Waals surface area contributed by atoms with Crippen LogP contribution < -0.4 is 11.5 Å². The molecule has 5 N–H and O–H groups in total. The zero-order valence-electron chi connectivity index (χ0n) is 15.4. The molecule has 1 atom stereocenters. The quantitative estimate of drug-likeness (QED) is 0.386. The second-order valence-corrected chi connectivity index (χ2v) is 7.24. The summed E-state index contributed by atoms with van der Waals surface area (Å²) in [6, 6.07) is 6.58. The largest absolute Gasteiger partial charge is 0.468 e. The van der Waals surface area contributed by atoms with Gasteiger partial charge < -0.3 is 21.1 Å². The summed E-state index contributed by atoms with van der Waals surface area (Å²) in [4.78, 5) is 30.5. The van der Waals surface area contributed by atoms with Gasteiger partial charge in [0.2, 0.25) is 0 Å². The molecule has 0 aliphatic carbocycles. The Morgan fingerprint density at radius 1 is 1.33 bits per heavy atom. The highest BCUT2D eigenvalue weighted by atomic mass is 16.5. The minimum atomic E-state index is -0.671. The van der Waals surface area contributed by atoms with E-state index in [0.29, 0.717) is 44.5 Å². The molecule has 2 heterocycles. The smallest absolute Gasteiger partial charge is 0.323 e. The zero-order chi connectivity index (χ0) is 19.6. The molecule has 1 unspecified atom stereocenters. The third-order valence-electron chi connectivity index (χ3n) is 5.50. The van der Waals surface area contributed by atoms with Crippen molar-refractivity contribution in [3.8, 4) is 0 Å². The number of carbonyl (C=O) groups excluding carboxylic acids is 2. The van der Waals surface area contributed by atoms with Crippen molar-refractivity contribution in [1.82, 2.24) is 4.90 Å². The maximum Gasteiger partial charge on any atom is 0.323 e. The van der Waals surface area contributed by atoms with Crippen LogP contribution >= 0.6 is 0 Å². The molecule has 0 bridgehead atoms. The summed E-state index contributed by atoms with van der Waals surface area (Å²) in [6.45, 7) is 1.82. The van der Waals surface area contributed by atoms with Gasteiger partial charge in [-0.1, -0.05) is 24.3 Å². The van der Waals surface area contributed by atoms with Gasteiger partial charge in [-0.2, -0.15) is 0 Å². The fraction of sp³-hybridized carbons (Fsp3) is 0.474. The van der Waals surface area contributed by atoms with Gasteiger partial charge in [-0.25, -0.2) is 4.99 Å². The van der Waals surface area contributed by atoms with Crippen molar-refractivity contribution in [3.05, 3.63) is 35.4 Å². The van der Waals surface area contributed by atoms with E-state index in [2.05, 4.69) is 14.6 Å². The van der Waals surface area contributed by atoms with Gasteiger partial charge in [-0.3, -0.25) is 15.0 Å². The standard InChI is InChI=1S/C19H25N5O3/c1-27-17(25)14(20)11-24-8-6-19(7-9-24)10-15(23-18(19)26)12-2-4-13(5-3-12)16(21)22/h2-5,14H,6-11,20H2,1H3,(H3,21,22). The van der Waals surface area contributed by atoms with E-state index >= 15 is 0 Å². The Bertz CT molecular complexity index is 779. The number of amides is 1. The molecule has 1 fully saturated rings. The molecular weight excluding hydrogens is 346 g/mol. The fourth-order valence-electron chi connectivity index (χ4n) is 3.74. The molecule has 1 saturated heterocycles.